The highest BCUT2D eigenvalue weighted by Gasteiger charge is 2.52. The Bertz CT molecular complexity index is 690. The summed E-state index contributed by atoms with van der Waals surface area (Å²) < 4.78 is 13.0. The van der Waals surface area contributed by atoms with Gasteiger partial charge >= 0.3 is 0 Å². The van der Waals surface area contributed by atoms with Gasteiger partial charge in [-0.2, -0.15) is 10.1 Å². The van der Waals surface area contributed by atoms with Crippen LogP contribution in [-0.4, -0.2) is 69.9 Å². The average molecular weight is 569 g/mol. The van der Waals surface area contributed by atoms with E-state index in [-0.39, 0.29) is 46.6 Å². The monoisotopic (exact) mass is 569 g/mol. The minimum atomic E-state index is -0.0547. The van der Waals surface area contributed by atoms with E-state index in [0.717, 1.165) is 51.7 Å². The lowest BCUT2D eigenvalue weighted by molar-refractivity contribution is -0.323. The van der Waals surface area contributed by atoms with Crippen molar-refractivity contribution in [3.05, 3.63) is 0 Å². The third kappa shape index (κ3) is 9.13. The van der Waals surface area contributed by atoms with Gasteiger partial charge in [0.05, 0.1) is 24.4 Å². The highest BCUT2D eigenvalue weighted by molar-refractivity contribution is 5.02. The van der Waals surface area contributed by atoms with Gasteiger partial charge in [-0.25, -0.2) is 0 Å². The molecule has 2 saturated heterocycles. The highest BCUT2D eigenvalue weighted by atomic mass is 16.7. The van der Waals surface area contributed by atoms with Crippen molar-refractivity contribution in [3.8, 4) is 0 Å². The molecule has 238 valence electrons. The molecule has 0 N–H and O–H groups in total. The Balaban J connectivity index is 1.76. The van der Waals surface area contributed by atoms with Crippen molar-refractivity contribution in [1.29, 1.82) is 0 Å². The maximum atomic E-state index is 6.49. The van der Waals surface area contributed by atoms with Crippen LogP contribution >= 0.6 is 0 Å². The van der Waals surface area contributed by atoms with Crippen LogP contribution in [0.15, 0.2) is 0 Å². The third-order valence-corrected chi connectivity index (χ3v) is 9.63. The Morgan fingerprint density at radius 3 is 1.12 bits per heavy atom. The van der Waals surface area contributed by atoms with E-state index in [1.54, 1.807) is 0 Å². The molecule has 0 radical (unpaired) electrons. The van der Waals surface area contributed by atoms with Crippen molar-refractivity contribution in [2.75, 3.05) is 13.2 Å². The van der Waals surface area contributed by atoms with Crippen LogP contribution in [0.1, 0.15) is 148 Å². The second-order valence-electron chi connectivity index (χ2n) is 15.8. The van der Waals surface area contributed by atoms with Crippen LogP contribution in [0.2, 0.25) is 0 Å². The highest BCUT2D eigenvalue weighted by Crippen LogP contribution is 2.45. The maximum absolute atomic E-state index is 6.49. The zero-order valence-corrected chi connectivity index (χ0v) is 29.1. The molecule has 0 aromatic heterocycles. The van der Waals surface area contributed by atoms with E-state index in [0.29, 0.717) is 11.8 Å². The number of hydrogen-bond acceptors (Lipinski definition) is 6. The molecule has 4 unspecified atom stereocenters. The van der Waals surface area contributed by atoms with Gasteiger partial charge < -0.3 is 9.47 Å². The smallest absolute Gasteiger partial charge is 0.0737 e. The first-order valence-electron chi connectivity index (χ1n) is 16.5. The quantitative estimate of drug-likeness (QED) is 0.184. The Morgan fingerprint density at radius 1 is 0.525 bits per heavy atom. The number of rotatable bonds is 15. The summed E-state index contributed by atoms with van der Waals surface area (Å²) >= 11 is 0. The van der Waals surface area contributed by atoms with E-state index in [4.69, 9.17) is 19.1 Å². The number of hydrogen-bond donors (Lipinski definition) is 0. The lowest BCUT2D eigenvalue weighted by Gasteiger charge is -2.57. The second kappa shape index (κ2) is 14.5. The Labute approximate surface area is 249 Å². The Hall–Kier alpha value is -0.240. The molecule has 0 saturated carbocycles. The zero-order chi connectivity index (χ0) is 30.5. The molecule has 2 heterocycles. The van der Waals surface area contributed by atoms with Gasteiger partial charge in [-0.1, -0.05) is 40.5 Å². The summed E-state index contributed by atoms with van der Waals surface area (Å²) in [6, 6.07) is 0. The van der Waals surface area contributed by atoms with Gasteiger partial charge in [0, 0.05) is 35.4 Å². The molecule has 6 nitrogen and oxygen atoms in total. The number of hydroxylamine groups is 4. The van der Waals surface area contributed by atoms with E-state index >= 15 is 0 Å². The van der Waals surface area contributed by atoms with Crippen molar-refractivity contribution in [2.24, 2.45) is 11.8 Å². The second-order valence-corrected chi connectivity index (χ2v) is 15.8. The van der Waals surface area contributed by atoms with Crippen LogP contribution in [0.5, 0.6) is 0 Å². The lowest BCUT2D eigenvalue weighted by Crippen LogP contribution is -2.65. The fourth-order valence-electron chi connectivity index (χ4n) is 7.08. The summed E-state index contributed by atoms with van der Waals surface area (Å²) in [6.45, 7) is 33.3. The van der Waals surface area contributed by atoms with E-state index in [1.165, 1.54) is 12.8 Å². The minimum absolute atomic E-state index is 0.0364. The number of piperidine rings is 2. The molecule has 2 rings (SSSR count). The van der Waals surface area contributed by atoms with Crippen LogP contribution in [0.3, 0.4) is 0 Å². The van der Waals surface area contributed by atoms with Gasteiger partial charge in [0.15, 0.2) is 0 Å². The van der Waals surface area contributed by atoms with Gasteiger partial charge in [0.25, 0.3) is 0 Å². The van der Waals surface area contributed by atoms with Gasteiger partial charge in [0.1, 0.15) is 0 Å². The topological polar surface area (TPSA) is 43.4 Å². The van der Waals surface area contributed by atoms with Crippen molar-refractivity contribution < 1.29 is 19.1 Å². The Kier molecular flexibility index (Phi) is 13.0. The number of ether oxygens (including phenoxy) is 2. The average Bonchev–Trinajstić information content (AvgIpc) is 2.79. The molecular formula is C34H68N2O4. The zero-order valence-electron chi connectivity index (χ0n) is 29.1. The molecule has 0 spiro atoms. The summed E-state index contributed by atoms with van der Waals surface area (Å²) in [5.74, 6) is 0.965. The first-order valence-corrected chi connectivity index (χ1v) is 16.5. The maximum Gasteiger partial charge on any atom is 0.0737 e. The first kappa shape index (κ1) is 36.0. The predicted molar refractivity (Wildman–Crippen MR) is 167 cm³/mol. The summed E-state index contributed by atoms with van der Waals surface area (Å²) in [4.78, 5) is 12.7. The van der Waals surface area contributed by atoms with Crippen molar-refractivity contribution in [3.63, 3.8) is 0 Å². The van der Waals surface area contributed by atoms with Gasteiger partial charge in [-0.3, -0.25) is 9.68 Å². The normalized spacial score (nSPS) is 31.6. The first-order chi connectivity index (χ1) is 18.3. The summed E-state index contributed by atoms with van der Waals surface area (Å²) in [6.07, 6.45) is 9.57. The van der Waals surface area contributed by atoms with Crippen LogP contribution in [-0.2, 0) is 19.1 Å². The van der Waals surface area contributed by atoms with Crippen molar-refractivity contribution in [1.82, 2.24) is 10.1 Å². The molecule has 2 aliphatic rings. The molecule has 40 heavy (non-hydrogen) atoms. The van der Waals surface area contributed by atoms with Gasteiger partial charge in [-0.05, 0) is 120 Å². The standard InChI is InChI=1S/C34H68N2O4/c1-25(2)33(13)23-29(21-31(9,10)35(33)39-27(5)6)37-19-17-15-16-18-20-38-30-22-32(11,12)36(40-28(7)8)34(14,24-30)26(3)4/h25-30H,15-24H2,1-14H3. The third-order valence-electron chi connectivity index (χ3n) is 9.63. The molecular weight excluding hydrogens is 500 g/mol. The molecule has 2 fully saturated rings. The van der Waals surface area contributed by atoms with E-state index < -0.39 is 0 Å². The molecule has 0 aromatic rings. The van der Waals surface area contributed by atoms with E-state index in [9.17, 15) is 0 Å². The summed E-state index contributed by atoms with van der Waals surface area (Å²) in [5.41, 5.74) is -0.182. The molecule has 2 aliphatic heterocycles. The number of nitrogens with zero attached hydrogens (tertiary/aromatic N) is 2. The molecule has 6 heteroatoms. The fourth-order valence-corrected chi connectivity index (χ4v) is 7.08. The molecule has 0 aliphatic carbocycles. The summed E-state index contributed by atoms with van der Waals surface area (Å²) in [5, 5.41) is 4.59. The SMILES string of the molecule is CC(C)ON1C(C)(C)CC(OCCCCCCOC2CC(C)(C)N(OC(C)C)C(C)(C(C)C)C2)CC1(C)C(C)C. The molecule has 0 bridgehead atoms. The lowest BCUT2D eigenvalue weighted by atomic mass is 9.73. The van der Waals surface area contributed by atoms with Crippen molar-refractivity contribution in [2.45, 2.75) is 195 Å². The van der Waals surface area contributed by atoms with Gasteiger partial charge in [0.2, 0.25) is 0 Å². The van der Waals surface area contributed by atoms with E-state index in [1.807, 2.05) is 0 Å². The van der Waals surface area contributed by atoms with Crippen LogP contribution in [0, 0.1) is 11.8 Å². The fraction of sp³-hybridized carbons (Fsp3) is 1.00. The van der Waals surface area contributed by atoms with Crippen LogP contribution < -0.4 is 0 Å². The molecule has 0 aromatic carbocycles. The molecule has 0 amide bonds. The van der Waals surface area contributed by atoms with Gasteiger partial charge in [-0.15, -0.1) is 0 Å². The van der Waals surface area contributed by atoms with Crippen LogP contribution in [0.25, 0.3) is 0 Å². The van der Waals surface area contributed by atoms with E-state index in [2.05, 4.69) is 107 Å². The summed E-state index contributed by atoms with van der Waals surface area (Å²) in [7, 11) is 0. The van der Waals surface area contributed by atoms with Crippen LogP contribution in [0.4, 0.5) is 0 Å². The predicted octanol–water partition coefficient (Wildman–Crippen LogP) is 8.58. The minimum Gasteiger partial charge on any atom is -0.378 e. The molecule has 4 atom stereocenters. The van der Waals surface area contributed by atoms with Crippen molar-refractivity contribution >= 4 is 0 Å². The Morgan fingerprint density at radius 2 is 0.850 bits per heavy atom. The largest absolute Gasteiger partial charge is 0.378 e. The number of unbranched alkanes of at least 4 members (excludes halogenated alkanes) is 3.